The SMILES string of the molecule is C=c1cc(Cl)cc/c1=C(/C=C\C)Nc1ccc2c(c1)OCO2. The number of allylic oxidation sites excluding steroid dienone is 1. The molecule has 1 aliphatic rings. The summed E-state index contributed by atoms with van der Waals surface area (Å²) in [7, 11) is 0. The summed E-state index contributed by atoms with van der Waals surface area (Å²) in [6.07, 6.45) is 3.98. The zero-order valence-electron chi connectivity index (χ0n) is 12.2. The number of ether oxygens (including phenoxy) is 2. The molecule has 0 fully saturated rings. The summed E-state index contributed by atoms with van der Waals surface area (Å²) < 4.78 is 10.7. The van der Waals surface area contributed by atoms with Crippen molar-refractivity contribution >= 4 is 29.6 Å². The van der Waals surface area contributed by atoms with Crippen LogP contribution in [-0.4, -0.2) is 6.79 Å². The maximum absolute atomic E-state index is 6.00. The molecule has 2 aromatic rings. The maximum atomic E-state index is 6.00. The highest BCUT2D eigenvalue weighted by molar-refractivity contribution is 6.30. The highest BCUT2D eigenvalue weighted by Crippen LogP contribution is 2.34. The average Bonchev–Trinajstić information content (AvgIpc) is 2.94. The minimum absolute atomic E-state index is 0.268. The minimum atomic E-state index is 0.268. The van der Waals surface area contributed by atoms with Crippen LogP contribution >= 0.6 is 11.6 Å². The Balaban J connectivity index is 2.04. The lowest BCUT2D eigenvalue weighted by Crippen LogP contribution is -2.27. The van der Waals surface area contributed by atoms with Crippen molar-refractivity contribution in [3.05, 3.63) is 64.0 Å². The van der Waals surface area contributed by atoms with E-state index in [9.17, 15) is 0 Å². The molecule has 0 saturated heterocycles. The molecule has 3 nitrogen and oxygen atoms in total. The van der Waals surface area contributed by atoms with Gasteiger partial charge in [-0.25, -0.2) is 0 Å². The summed E-state index contributed by atoms with van der Waals surface area (Å²) in [6, 6.07) is 11.4. The normalized spacial score (nSPS) is 14.3. The van der Waals surface area contributed by atoms with Crippen LogP contribution in [0.25, 0.3) is 12.3 Å². The van der Waals surface area contributed by atoms with Crippen LogP contribution in [0.5, 0.6) is 11.5 Å². The largest absolute Gasteiger partial charge is 0.454 e. The van der Waals surface area contributed by atoms with Gasteiger partial charge in [-0.05, 0) is 42.5 Å². The Morgan fingerprint density at radius 1 is 1.18 bits per heavy atom. The Morgan fingerprint density at radius 2 is 2.00 bits per heavy atom. The van der Waals surface area contributed by atoms with Crippen LogP contribution in [0.2, 0.25) is 5.02 Å². The second-order valence-corrected chi connectivity index (χ2v) is 5.34. The Morgan fingerprint density at radius 3 is 2.77 bits per heavy atom. The van der Waals surface area contributed by atoms with Crippen LogP contribution in [0, 0.1) is 0 Å². The van der Waals surface area contributed by atoms with E-state index in [0.29, 0.717) is 5.02 Å². The smallest absolute Gasteiger partial charge is 0.231 e. The van der Waals surface area contributed by atoms with Crippen LogP contribution in [-0.2, 0) is 0 Å². The van der Waals surface area contributed by atoms with Gasteiger partial charge in [0.15, 0.2) is 11.5 Å². The van der Waals surface area contributed by atoms with Crippen molar-refractivity contribution < 1.29 is 9.47 Å². The molecule has 22 heavy (non-hydrogen) atoms. The second-order valence-electron chi connectivity index (χ2n) is 4.91. The van der Waals surface area contributed by atoms with E-state index >= 15 is 0 Å². The lowest BCUT2D eigenvalue weighted by atomic mass is 10.2. The van der Waals surface area contributed by atoms with Crippen molar-refractivity contribution in [3.8, 4) is 11.5 Å². The summed E-state index contributed by atoms with van der Waals surface area (Å²) >= 11 is 6.00. The molecule has 0 radical (unpaired) electrons. The Kier molecular flexibility index (Phi) is 4.07. The first kappa shape index (κ1) is 14.5. The van der Waals surface area contributed by atoms with Gasteiger partial charge < -0.3 is 14.8 Å². The molecule has 0 unspecified atom stereocenters. The fraction of sp³-hybridized carbons (Fsp3) is 0.111. The first-order chi connectivity index (χ1) is 10.7. The van der Waals surface area contributed by atoms with Crippen LogP contribution in [0.3, 0.4) is 0 Å². The molecular weight excluding hydrogens is 298 g/mol. The molecule has 4 heteroatoms. The summed E-state index contributed by atoms with van der Waals surface area (Å²) in [5, 5.41) is 5.94. The van der Waals surface area contributed by atoms with Crippen molar-refractivity contribution in [1.82, 2.24) is 0 Å². The minimum Gasteiger partial charge on any atom is -0.454 e. The summed E-state index contributed by atoms with van der Waals surface area (Å²) in [5.74, 6) is 1.51. The second kappa shape index (κ2) is 6.16. The first-order valence-corrected chi connectivity index (χ1v) is 7.33. The number of rotatable bonds is 3. The summed E-state index contributed by atoms with van der Waals surface area (Å²) in [6.45, 7) is 6.30. The molecule has 2 aromatic carbocycles. The molecule has 1 aliphatic heterocycles. The number of nitrogens with one attached hydrogen (secondary N) is 1. The third-order valence-corrected chi connectivity index (χ3v) is 3.58. The molecule has 0 aromatic heterocycles. The molecule has 0 bridgehead atoms. The first-order valence-electron chi connectivity index (χ1n) is 6.95. The molecule has 0 spiro atoms. The molecule has 0 aliphatic carbocycles. The van der Waals surface area contributed by atoms with Crippen LogP contribution in [0.1, 0.15) is 6.92 Å². The third kappa shape index (κ3) is 2.95. The molecule has 0 amide bonds. The van der Waals surface area contributed by atoms with Gasteiger partial charge >= 0.3 is 0 Å². The number of anilines is 1. The van der Waals surface area contributed by atoms with E-state index < -0.39 is 0 Å². The maximum Gasteiger partial charge on any atom is 0.231 e. The third-order valence-electron chi connectivity index (χ3n) is 3.34. The zero-order chi connectivity index (χ0) is 15.5. The van der Waals surface area contributed by atoms with Crippen molar-refractivity contribution in [2.45, 2.75) is 6.92 Å². The predicted octanol–water partition coefficient (Wildman–Crippen LogP) is 3.28. The molecule has 1 heterocycles. The van der Waals surface area contributed by atoms with Gasteiger partial charge in [0, 0.05) is 27.7 Å². The fourth-order valence-corrected chi connectivity index (χ4v) is 2.51. The van der Waals surface area contributed by atoms with Crippen LogP contribution in [0.4, 0.5) is 5.69 Å². The molecule has 0 atom stereocenters. The highest BCUT2D eigenvalue weighted by Gasteiger charge is 2.13. The Bertz CT molecular complexity index is 843. The molecule has 0 saturated carbocycles. The summed E-state index contributed by atoms with van der Waals surface area (Å²) in [4.78, 5) is 0. The molecular formula is C18H16ClNO2. The molecule has 3 rings (SSSR count). The number of hydrogen-bond donors (Lipinski definition) is 1. The predicted molar refractivity (Wildman–Crippen MR) is 90.6 cm³/mol. The Hall–Kier alpha value is -2.39. The fourth-order valence-electron chi connectivity index (χ4n) is 2.32. The Labute approximate surface area is 134 Å². The van der Waals surface area contributed by atoms with Gasteiger partial charge in [0.05, 0.1) is 0 Å². The van der Waals surface area contributed by atoms with E-state index in [0.717, 1.165) is 33.3 Å². The van der Waals surface area contributed by atoms with Gasteiger partial charge in [0.25, 0.3) is 0 Å². The van der Waals surface area contributed by atoms with Crippen molar-refractivity contribution in [2.75, 3.05) is 12.1 Å². The summed E-state index contributed by atoms with van der Waals surface area (Å²) in [5.41, 5.74) is 1.87. The van der Waals surface area contributed by atoms with E-state index in [-0.39, 0.29) is 6.79 Å². The van der Waals surface area contributed by atoms with E-state index in [4.69, 9.17) is 21.1 Å². The van der Waals surface area contributed by atoms with Crippen LogP contribution < -0.4 is 25.2 Å². The molecule has 112 valence electrons. The topological polar surface area (TPSA) is 30.5 Å². The van der Waals surface area contributed by atoms with E-state index in [1.54, 1.807) is 0 Å². The van der Waals surface area contributed by atoms with Crippen molar-refractivity contribution in [2.24, 2.45) is 0 Å². The van der Waals surface area contributed by atoms with Gasteiger partial charge in [-0.2, -0.15) is 0 Å². The van der Waals surface area contributed by atoms with Crippen LogP contribution in [0.15, 0.2) is 48.6 Å². The van der Waals surface area contributed by atoms with Gasteiger partial charge in [0.1, 0.15) is 0 Å². The van der Waals surface area contributed by atoms with E-state index in [1.165, 1.54) is 0 Å². The quantitative estimate of drug-likeness (QED) is 0.943. The van der Waals surface area contributed by atoms with Gasteiger partial charge in [0.2, 0.25) is 6.79 Å². The zero-order valence-corrected chi connectivity index (χ0v) is 13.0. The van der Waals surface area contributed by atoms with Gasteiger partial charge in [-0.15, -0.1) is 0 Å². The standard InChI is InChI=1S/C18H16ClNO2/c1-3-4-16(15-7-5-13(19)9-12(15)2)20-14-6-8-17-18(10-14)22-11-21-17/h3-10,20H,2,11H2,1H3/b4-3-,16-15+. The number of fused-ring (bicyclic) bond motifs is 1. The number of benzene rings is 2. The molecule has 1 N–H and O–H groups in total. The van der Waals surface area contributed by atoms with E-state index in [2.05, 4.69) is 11.9 Å². The average molecular weight is 314 g/mol. The van der Waals surface area contributed by atoms with Gasteiger partial charge in [-0.1, -0.05) is 30.3 Å². The van der Waals surface area contributed by atoms with Crippen molar-refractivity contribution in [3.63, 3.8) is 0 Å². The highest BCUT2D eigenvalue weighted by atomic mass is 35.5. The van der Waals surface area contributed by atoms with E-state index in [1.807, 2.05) is 55.5 Å². The van der Waals surface area contributed by atoms with Gasteiger partial charge in [-0.3, -0.25) is 0 Å². The lowest BCUT2D eigenvalue weighted by molar-refractivity contribution is 0.174. The monoisotopic (exact) mass is 313 g/mol. The lowest BCUT2D eigenvalue weighted by Gasteiger charge is -2.09. The number of halogens is 1. The van der Waals surface area contributed by atoms with Crippen molar-refractivity contribution in [1.29, 1.82) is 0 Å². The number of hydrogen-bond acceptors (Lipinski definition) is 3.